The van der Waals surface area contributed by atoms with Crippen LogP contribution in [0.4, 0.5) is 8.78 Å². The summed E-state index contributed by atoms with van der Waals surface area (Å²) < 4.78 is 41.5. The standard InChI is InChI=1S/C15H10F2O4/c16-11-3-1-9(5-12(11)17)13(18)7-19-10-2-4-14-15(6-10)21-8-20-14/h1-6H,7-8H2. The molecule has 0 amide bonds. The molecule has 1 aliphatic heterocycles. The van der Waals surface area contributed by atoms with E-state index in [2.05, 4.69) is 0 Å². The molecular weight excluding hydrogens is 282 g/mol. The molecule has 4 nitrogen and oxygen atoms in total. The van der Waals surface area contributed by atoms with Crippen LogP contribution in [-0.2, 0) is 0 Å². The lowest BCUT2D eigenvalue weighted by molar-refractivity contribution is 0.0920. The molecule has 0 aromatic heterocycles. The van der Waals surface area contributed by atoms with Crippen molar-refractivity contribution >= 4 is 5.78 Å². The van der Waals surface area contributed by atoms with Crippen molar-refractivity contribution in [2.24, 2.45) is 0 Å². The monoisotopic (exact) mass is 292 g/mol. The predicted molar refractivity (Wildman–Crippen MR) is 68.7 cm³/mol. The van der Waals surface area contributed by atoms with E-state index in [9.17, 15) is 13.6 Å². The largest absolute Gasteiger partial charge is 0.485 e. The molecule has 0 fully saturated rings. The lowest BCUT2D eigenvalue weighted by Gasteiger charge is -2.06. The molecule has 0 saturated heterocycles. The molecule has 0 radical (unpaired) electrons. The maximum absolute atomic E-state index is 13.1. The van der Waals surface area contributed by atoms with Crippen LogP contribution < -0.4 is 14.2 Å². The van der Waals surface area contributed by atoms with E-state index in [1.54, 1.807) is 18.2 Å². The number of carbonyl (C=O) groups excluding carboxylic acids is 1. The van der Waals surface area contributed by atoms with Crippen LogP contribution in [0.3, 0.4) is 0 Å². The highest BCUT2D eigenvalue weighted by molar-refractivity contribution is 5.97. The minimum absolute atomic E-state index is 0.0506. The number of Topliss-reactive ketones (excluding diaryl/α,β-unsaturated/α-hetero) is 1. The lowest BCUT2D eigenvalue weighted by atomic mass is 10.1. The molecule has 21 heavy (non-hydrogen) atoms. The molecular formula is C15H10F2O4. The van der Waals surface area contributed by atoms with Crippen molar-refractivity contribution in [3.8, 4) is 17.2 Å². The first-order valence-corrected chi connectivity index (χ1v) is 6.14. The van der Waals surface area contributed by atoms with E-state index in [0.29, 0.717) is 17.2 Å². The van der Waals surface area contributed by atoms with E-state index in [1.165, 1.54) is 6.07 Å². The normalized spacial score (nSPS) is 12.3. The van der Waals surface area contributed by atoms with Crippen LogP contribution >= 0.6 is 0 Å². The second-order valence-electron chi connectivity index (χ2n) is 4.36. The van der Waals surface area contributed by atoms with Crippen molar-refractivity contribution in [1.29, 1.82) is 0 Å². The summed E-state index contributed by atoms with van der Waals surface area (Å²) in [5, 5.41) is 0. The summed E-state index contributed by atoms with van der Waals surface area (Å²) in [7, 11) is 0. The third-order valence-corrected chi connectivity index (χ3v) is 2.96. The van der Waals surface area contributed by atoms with Crippen LogP contribution in [0.2, 0.25) is 0 Å². The molecule has 6 heteroatoms. The summed E-state index contributed by atoms with van der Waals surface area (Å²) in [5.41, 5.74) is 0.0506. The molecule has 0 atom stereocenters. The number of fused-ring (bicyclic) bond motifs is 1. The van der Waals surface area contributed by atoms with Crippen molar-refractivity contribution in [3.63, 3.8) is 0 Å². The van der Waals surface area contributed by atoms with Gasteiger partial charge in [0.05, 0.1) is 0 Å². The fourth-order valence-electron chi connectivity index (χ4n) is 1.87. The Morgan fingerprint density at radius 1 is 1.05 bits per heavy atom. The van der Waals surface area contributed by atoms with E-state index in [0.717, 1.165) is 12.1 Å². The third-order valence-electron chi connectivity index (χ3n) is 2.96. The van der Waals surface area contributed by atoms with Gasteiger partial charge in [-0.15, -0.1) is 0 Å². The van der Waals surface area contributed by atoms with E-state index >= 15 is 0 Å². The zero-order valence-corrected chi connectivity index (χ0v) is 10.8. The molecule has 0 saturated carbocycles. The molecule has 0 unspecified atom stereocenters. The zero-order chi connectivity index (χ0) is 14.8. The average molecular weight is 292 g/mol. The Labute approximate surface area is 118 Å². The molecule has 1 heterocycles. The first-order chi connectivity index (χ1) is 10.1. The van der Waals surface area contributed by atoms with Gasteiger partial charge >= 0.3 is 0 Å². The number of rotatable bonds is 4. The fraction of sp³-hybridized carbons (Fsp3) is 0.133. The Balaban J connectivity index is 1.67. The van der Waals surface area contributed by atoms with Gasteiger partial charge in [-0.2, -0.15) is 0 Å². The van der Waals surface area contributed by atoms with Crippen molar-refractivity contribution < 1.29 is 27.8 Å². The fourth-order valence-corrected chi connectivity index (χ4v) is 1.87. The van der Waals surface area contributed by atoms with E-state index in [-0.39, 0.29) is 19.0 Å². The number of halogens is 2. The van der Waals surface area contributed by atoms with E-state index in [1.807, 2.05) is 0 Å². The van der Waals surface area contributed by atoms with E-state index in [4.69, 9.17) is 14.2 Å². The maximum atomic E-state index is 13.1. The van der Waals surface area contributed by atoms with Gasteiger partial charge in [-0.3, -0.25) is 4.79 Å². The first-order valence-electron chi connectivity index (χ1n) is 6.14. The van der Waals surface area contributed by atoms with Gasteiger partial charge in [-0.05, 0) is 30.3 Å². The van der Waals surface area contributed by atoms with Gasteiger partial charge in [-0.1, -0.05) is 0 Å². The van der Waals surface area contributed by atoms with Crippen molar-refractivity contribution in [2.75, 3.05) is 13.4 Å². The SMILES string of the molecule is O=C(COc1ccc2c(c1)OCO2)c1ccc(F)c(F)c1. The van der Waals surface area contributed by atoms with Crippen molar-refractivity contribution in [2.45, 2.75) is 0 Å². The lowest BCUT2D eigenvalue weighted by Crippen LogP contribution is -2.12. The minimum atomic E-state index is -1.07. The highest BCUT2D eigenvalue weighted by Crippen LogP contribution is 2.35. The van der Waals surface area contributed by atoms with Gasteiger partial charge < -0.3 is 14.2 Å². The van der Waals surface area contributed by atoms with Crippen LogP contribution in [0, 0.1) is 11.6 Å². The zero-order valence-electron chi connectivity index (χ0n) is 10.8. The second kappa shape index (κ2) is 5.40. The van der Waals surface area contributed by atoms with Gasteiger partial charge in [0.2, 0.25) is 6.79 Å². The Bertz CT molecular complexity index is 700. The van der Waals surface area contributed by atoms with Gasteiger partial charge in [0.25, 0.3) is 0 Å². The summed E-state index contributed by atoms with van der Waals surface area (Å²) in [6.45, 7) is -0.142. The van der Waals surface area contributed by atoms with Gasteiger partial charge in [-0.25, -0.2) is 8.78 Å². The third kappa shape index (κ3) is 2.79. The number of benzene rings is 2. The van der Waals surface area contributed by atoms with Crippen LogP contribution in [0.5, 0.6) is 17.2 Å². The van der Waals surface area contributed by atoms with Crippen molar-refractivity contribution in [1.82, 2.24) is 0 Å². The minimum Gasteiger partial charge on any atom is -0.485 e. The number of ketones is 1. The Morgan fingerprint density at radius 2 is 1.86 bits per heavy atom. The molecule has 1 aliphatic rings. The highest BCUT2D eigenvalue weighted by atomic mass is 19.2. The van der Waals surface area contributed by atoms with Crippen LogP contribution in [-0.4, -0.2) is 19.2 Å². The molecule has 3 rings (SSSR count). The molecule has 0 N–H and O–H groups in total. The highest BCUT2D eigenvalue weighted by Gasteiger charge is 2.15. The van der Waals surface area contributed by atoms with Gasteiger partial charge in [0.15, 0.2) is 35.5 Å². The maximum Gasteiger partial charge on any atom is 0.231 e. The first kappa shape index (κ1) is 13.4. The molecule has 0 spiro atoms. The summed E-state index contributed by atoms with van der Waals surface area (Å²) in [6, 6.07) is 7.86. The molecule has 108 valence electrons. The number of hydrogen-bond acceptors (Lipinski definition) is 4. The molecule has 2 aromatic carbocycles. The molecule has 0 bridgehead atoms. The summed E-state index contributed by atoms with van der Waals surface area (Å²) >= 11 is 0. The summed E-state index contributed by atoms with van der Waals surface area (Å²) in [5.74, 6) is -0.948. The predicted octanol–water partition coefficient (Wildman–Crippen LogP) is 2.96. The topological polar surface area (TPSA) is 44.8 Å². The quantitative estimate of drug-likeness (QED) is 0.813. The molecule has 0 aliphatic carbocycles. The van der Waals surface area contributed by atoms with Gasteiger partial charge in [0, 0.05) is 11.6 Å². The second-order valence-corrected chi connectivity index (χ2v) is 4.36. The smallest absolute Gasteiger partial charge is 0.231 e. The van der Waals surface area contributed by atoms with Crippen LogP contribution in [0.1, 0.15) is 10.4 Å². The van der Waals surface area contributed by atoms with Crippen LogP contribution in [0.15, 0.2) is 36.4 Å². The number of hydrogen-bond donors (Lipinski definition) is 0. The van der Waals surface area contributed by atoms with E-state index < -0.39 is 17.4 Å². The molecule has 2 aromatic rings. The van der Waals surface area contributed by atoms with Gasteiger partial charge in [0.1, 0.15) is 5.75 Å². The van der Waals surface area contributed by atoms with Crippen LogP contribution in [0.25, 0.3) is 0 Å². The summed E-state index contributed by atoms with van der Waals surface area (Å²) in [6.07, 6.45) is 0. The summed E-state index contributed by atoms with van der Waals surface area (Å²) in [4.78, 5) is 11.8. The number of ether oxygens (including phenoxy) is 3. The number of carbonyl (C=O) groups is 1. The Morgan fingerprint density at radius 3 is 2.67 bits per heavy atom. The Hall–Kier alpha value is -2.63. The van der Waals surface area contributed by atoms with Crippen molar-refractivity contribution in [3.05, 3.63) is 53.6 Å². The average Bonchev–Trinajstić information content (AvgIpc) is 2.95. The Kier molecular flexibility index (Phi) is 3.43.